The van der Waals surface area contributed by atoms with Gasteiger partial charge in [0.25, 0.3) is 0 Å². The topological polar surface area (TPSA) is 25.8 Å². The Hall–Kier alpha value is -1.44. The predicted molar refractivity (Wildman–Crippen MR) is 83.1 cm³/mol. The maximum Gasteiger partial charge on any atom is 0.0731 e. The summed E-state index contributed by atoms with van der Waals surface area (Å²) < 4.78 is 0. The van der Waals surface area contributed by atoms with Crippen LogP contribution in [-0.2, 0) is 0 Å². The van der Waals surface area contributed by atoms with Crippen molar-refractivity contribution in [2.45, 2.75) is 53.4 Å². The van der Waals surface area contributed by atoms with Crippen LogP contribution in [0.2, 0.25) is 0 Å². The average Bonchev–Trinajstić information content (AvgIpc) is 2.37. The number of aromatic nitrogens is 2. The monoisotopic (exact) mass is 258 g/mol. The van der Waals surface area contributed by atoms with E-state index in [1.54, 1.807) is 0 Å². The van der Waals surface area contributed by atoms with Gasteiger partial charge in [0, 0.05) is 5.56 Å². The second kappa shape index (κ2) is 7.22. The van der Waals surface area contributed by atoms with Gasteiger partial charge in [-0.25, -0.2) is 0 Å². The number of hydrogen-bond acceptors (Lipinski definition) is 2. The van der Waals surface area contributed by atoms with E-state index in [2.05, 4.69) is 56.6 Å². The van der Waals surface area contributed by atoms with Gasteiger partial charge < -0.3 is 0 Å². The van der Waals surface area contributed by atoms with Gasteiger partial charge in [0.05, 0.1) is 11.4 Å². The Labute approximate surface area is 117 Å². The third-order valence-corrected chi connectivity index (χ3v) is 3.45. The van der Waals surface area contributed by atoms with Crippen LogP contribution < -0.4 is 0 Å². The number of hydrogen-bond donors (Lipinski definition) is 0. The molecular formula is C17H26N2. The molecule has 0 spiro atoms. The summed E-state index contributed by atoms with van der Waals surface area (Å²) in [6.07, 6.45) is 6.38. The highest BCUT2D eigenvalue weighted by Crippen LogP contribution is 2.31. The molecule has 0 fully saturated rings. The summed E-state index contributed by atoms with van der Waals surface area (Å²) >= 11 is 0. The normalized spacial score (nSPS) is 13.7. The summed E-state index contributed by atoms with van der Waals surface area (Å²) in [6, 6.07) is 2.17. The second-order valence-electron chi connectivity index (χ2n) is 5.45. The maximum atomic E-state index is 4.40. The molecule has 0 aliphatic rings. The third-order valence-electron chi connectivity index (χ3n) is 3.45. The Balaban J connectivity index is 3.17. The van der Waals surface area contributed by atoms with E-state index in [1.807, 2.05) is 13.0 Å². The molecule has 0 amide bonds. The second-order valence-corrected chi connectivity index (χ2v) is 5.45. The first-order valence-electron chi connectivity index (χ1n) is 7.12. The lowest BCUT2D eigenvalue weighted by atomic mass is 9.87. The molecule has 1 atom stereocenters. The smallest absolute Gasteiger partial charge is 0.0731 e. The molecule has 1 rings (SSSR count). The molecule has 1 heterocycles. The minimum atomic E-state index is 0.393. The Kier molecular flexibility index (Phi) is 5.94. The largest absolute Gasteiger partial charge is 0.156 e. The summed E-state index contributed by atoms with van der Waals surface area (Å²) in [5, 5.41) is 8.60. The molecule has 1 aromatic heterocycles. The summed E-state index contributed by atoms with van der Waals surface area (Å²) in [5.41, 5.74) is 4.73. The molecule has 0 aliphatic carbocycles. The lowest BCUT2D eigenvalue weighted by Crippen LogP contribution is -2.07. The van der Waals surface area contributed by atoms with E-state index in [4.69, 9.17) is 0 Å². The number of aryl methyl sites for hydroxylation is 1. The van der Waals surface area contributed by atoms with Crippen molar-refractivity contribution in [3.05, 3.63) is 41.7 Å². The van der Waals surface area contributed by atoms with Crippen molar-refractivity contribution in [3.63, 3.8) is 0 Å². The lowest BCUT2D eigenvalue weighted by Gasteiger charge is -2.19. The van der Waals surface area contributed by atoms with Crippen molar-refractivity contribution in [1.82, 2.24) is 10.2 Å². The zero-order valence-electron chi connectivity index (χ0n) is 12.9. The van der Waals surface area contributed by atoms with Gasteiger partial charge in [0.1, 0.15) is 0 Å². The van der Waals surface area contributed by atoms with Gasteiger partial charge in [-0.15, -0.1) is 6.58 Å². The molecule has 0 radical (unpaired) electrons. The fraction of sp³-hybridized carbons (Fsp3) is 0.529. The van der Waals surface area contributed by atoms with Gasteiger partial charge >= 0.3 is 0 Å². The van der Waals surface area contributed by atoms with Gasteiger partial charge in [0.2, 0.25) is 0 Å². The minimum absolute atomic E-state index is 0.393. The number of allylic oxidation sites excluding steroid dienone is 3. The van der Waals surface area contributed by atoms with E-state index in [-0.39, 0.29) is 0 Å². The van der Waals surface area contributed by atoms with Crippen molar-refractivity contribution in [3.8, 4) is 0 Å². The molecule has 2 heteroatoms. The Bertz CT molecular complexity index is 458. The summed E-state index contributed by atoms with van der Waals surface area (Å²) in [6.45, 7) is 14.5. The fourth-order valence-electron chi connectivity index (χ4n) is 2.38. The van der Waals surface area contributed by atoms with Gasteiger partial charge in [-0.3, -0.25) is 0 Å². The average molecular weight is 258 g/mol. The van der Waals surface area contributed by atoms with Crippen LogP contribution in [0.3, 0.4) is 0 Å². The Morgan fingerprint density at radius 1 is 1.32 bits per heavy atom. The van der Waals surface area contributed by atoms with E-state index in [0.717, 1.165) is 24.2 Å². The molecule has 0 bridgehead atoms. The minimum Gasteiger partial charge on any atom is -0.156 e. The van der Waals surface area contributed by atoms with Crippen LogP contribution in [-0.4, -0.2) is 10.2 Å². The van der Waals surface area contributed by atoms with Crippen molar-refractivity contribution >= 4 is 5.57 Å². The lowest BCUT2D eigenvalue weighted by molar-refractivity contribution is 0.669. The summed E-state index contributed by atoms with van der Waals surface area (Å²) in [7, 11) is 0. The molecule has 2 nitrogen and oxygen atoms in total. The summed E-state index contributed by atoms with van der Waals surface area (Å²) in [5.74, 6) is 0.911. The van der Waals surface area contributed by atoms with E-state index in [0.29, 0.717) is 11.8 Å². The highest BCUT2D eigenvalue weighted by molar-refractivity contribution is 5.69. The first-order valence-corrected chi connectivity index (χ1v) is 7.12. The molecular weight excluding hydrogens is 232 g/mol. The van der Waals surface area contributed by atoms with Gasteiger partial charge in [-0.1, -0.05) is 32.9 Å². The first kappa shape index (κ1) is 15.6. The SMILES string of the molecule is C=CCCC(C)/C(=C\C)c1cc(C)nnc1C(C)C. The number of nitrogens with zero attached hydrogens (tertiary/aromatic N) is 2. The predicted octanol–water partition coefficient (Wildman–Crippen LogP) is 4.91. The van der Waals surface area contributed by atoms with Crippen LogP contribution in [0.15, 0.2) is 24.8 Å². The quantitative estimate of drug-likeness (QED) is 0.677. The van der Waals surface area contributed by atoms with E-state index in [9.17, 15) is 0 Å². The van der Waals surface area contributed by atoms with Gasteiger partial charge in [-0.2, -0.15) is 10.2 Å². The molecule has 0 aromatic carbocycles. The van der Waals surface area contributed by atoms with Crippen LogP contribution >= 0.6 is 0 Å². The highest BCUT2D eigenvalue weighted by atomic mass is 15.1. The van der Waals surface area contributed by atoms with Crippen LogP contribution in [0.25, 0.3) is 5.57 Å². The van der Waals surface area contributed by atoms with Crippen molar-refractivity contribution in [2.75, 3.05) is 0 Å². The van der Waals surface area contributed by atoms with Crippen LogP contribution in [0, 0.1) is 12.8 Å². The molecule has 104 valence electrons. The molecule has 0 saturated carbocycles. The van der Waals surface area contributed by atoms with Crippen LogP contribution in [0.1, 0.15) is 63.4 Å². The maximum absolute atomic E-state index is 4.40. The molecule has 0 N–H and O–H groups in total. The number of rotatable bonds is 6. The highest BCUT2D eigenvalue weighted by Gasteiger charge is 2.17. The molecule has 0 saturated heterocycles. The van der Waals surface area contributed by atoms with Crippen LogP contribution in [0.5, 0.6) is 0 Å². The van der Waals surface area contributed by atoms with Crippen molar-refractivity contribution in [2.24, 2.45) is 5.92 Å². The van der Waals surface area contributed by atoms with E-state index < -0.39 is 0 Å². The molecule has 1 aromatic rings. The fourth-order valence-corrected chi connectivity index (χ4v) is 2.38. The molecule has 1 unspecified atom stereocenters. The zero-order chi connectivity index (χ0) is 14.4. The van der Waals surface area contributed by atoms with Gasteiger partial charge in [0.15, 0.2) is 0 Å². The van der Waals surface area contributed by atoms with Gasteiger partial charge in [-0.05, 0) is 50.2 Å². The molecule has 0 aliphatic heterocycles. The Morgan fingerprint density at radius 3 is 2.53 bits per heavy atom. The third kappa shape index (κ3) is 4.02. The van der Waals surface area contributed by atoms with E-state index in [1.165, 1.54) is 11.1 Å². The van der Waals surface area contributed by atoms with Crippen molar-refractivity contribution < 1.29 is 0 Å². The van der Waals surface area contributed by atoms with Crippen LogP contribution in [0.4, 0.5) is 0 Å². The van der Waals surface area contributed by atoms with E-state index >= 15 is 0 Å². The zero-order valence-corrected chi connectivity index (χ0v) is 12.9. The van der Waals surface area contributed by atoms with Crippen molar-refractivity contribution in [1.29, 1.82) is 0 Å². The Morgan fingerprint density at radius 2 is 2.00 bits per heavy atom. The standard InChI is InChI=1S/C17H26N2/c1-7-9-10-13(5)15(8-2)16-11-14(6)18-19-17(16)12(3)4/h7-8,11-13H,1,9-10H2,2-6H3/b15-8+. The molecule has 19 heavy (non-hydrogen) atoms. The summed E-state index contributed by atoms with van der Waals surface area (Å²) in [4.78, 5) is 0. The first-order chi connectivity index (χ1) is 9.01.